The minimum Gasteiger partial charge on any atom is -0.853 e. The Balaban J connectivity index is 0. The zero-order valence-corrected chi connectivity index (χ0v) is 12.9. The van der Waals surface area contributed by atoms with E-state index in [9.17, 15) is 15.0 Å². The molecule has 0 bridgehead atoms. The van der Waals surface area contributed by atoms with Crippen LogP contribution in [0.4, 0.5) is 5.69 Å². The molecule has 2 aromatic rings. The highest BCUT2D eigenvalue weighted by molar-refractivity contribution is 5.86. The average Bonchev–Trinajstić information content (AvgIpc) is 2.48. The number of anilines is 1. The summed E-state index contributed by atoms with van der Waals surface area (Å²) in [6, 6.07) is 15.0. The number of rotatable bonds is 3. The number of hydrogen-bond acceptors (Lipinski definition) is 5. The molecule has 2 rings (SSSR count). The summed E-state index contributed by atoms with van der Waals surface area (Å²) < 4.78 is 0. The highest BCUT2D eigenvalue weighted by atomic mass is 16.4. The molecule has 0 fully saturated rings. The van der Waals surface area contributed by atoms with Gasteiger partial charge < -0.3 is 38.8 Å². The van der Waals surface area contributed by atoms with E-state index in [-0.39, 0.29) is 30.5 Å². The second-order valence-corrected chi connectivity index (χ2v) is 4.10. The van der Waals surface area contributed by atoms with Crippen LogP contribution in [0.25, 0.3) is 0 Å². The summed E-state index contributed by atoms with van der Waals surface area (Å²) in [5.41, 5.74) is 12.2. The van der Waals surface area contributed by atoms with Gasteiger partial charge in [-0.2, -0.15) is 0 Å². The van der Waals surface area contributed by atoms with Crippen molar-refractivity contribution in [3.8, 4) is 0 Å². The summed E-state index contributed by atoms with van der Waals surface area (Å²) >= 11 is 0. The molecule has 0 aliphatic carbocycles. The van der Waals surface area contributed by atoms with Crippen LogP contribution in [-0.2, 0) is 0 Å². The topological polar surface area (TPSA) is 188 Å². The van der Waals surface area contributed by atoms with E-state index in [0.717, 1.165) is 5.56 Å². The van der Waals surface area contributed by atoms with E-state index in [1.54, 1.807) is 12.1 Å². The lowest BCUT2D eigenvalue weighted by molar-refractivity contribution is -0.372. The van der Waals surface area contributed by atoms with Gasteiger partial charge in [0.05, 0.1) is 5.97 Å². The van der Waals surface area contributed by atoms with Gasteiger partial charge in [0, 0.05) is 11.7 Å². The van der Waals surface area contributed by atoms with Crippen LogP contribution in [0.3, 0.4) is 0 Å². The lowest BCUT2D eigenvalue weighted by atomic mass is 10.1. The van der Waals surface area contributed by atoms with Crippen LogP contribution < -0.4 is 34.0 Å². The van der Waals surface area contributed by atoms with Crippen LogP contribution in [0.5, 0.6) is 0 Å². The van der Waals surface area contributed by atoms with Crippen LogP contribution >= 0.6 is 0 Å². The molecule has 7 heteroatoms. The SMILES string of the molecule is N[C@H](C[O-])c1ccccc1.Nc1cccc(C(=O)[O-])c1.[NH4+].[NH4+]. The third-order valence-corrected chi connectivity index (χ3v) is 2.53. The van der Waals surface area contributed by atoms with Crippen molar-refractivity contribution in [1.82, 2.24) is 12.3 Å². The smallest absolute Gasteiger partial charge is 0.0716 e. The molecule has 0 unspecified atom stereocenters. The van der Waals surface area contributed by atoms with Crippen molar-refractivity contribution in [2.75, 3.05) is 12.3 Å². The maximum atomic E-state index is 10.3. The van der Waals surface area contributed by atoms with E-state index < -0.39 is 5.97 Å². The third-order valence-electron chi connectivity index (χ3n) is 2.53. The molecule has 0 spiro atoms. The number of benzene rings is 2. The lowest BCUT2D eigenvalue weighted by Crippen LogP contribution is -2.23. The standard InChI is InChI=1S/C8H10NO.C7H7NO2.2H3N/c9-8(6-10)7-4-2-1-3-5-7;8-6-3-1-2-5(4-6)7(9)10;;/h1-5,8H,6,9H2;1-4H,8H2,(H,9,10);2*1H3/q-1;;;/p+1/t8-;;;/m1.../s1. The number of carboxylic acid groups (broad SMARTS) is 1. The van der Waals surface area contributed by atoms with Gasteiger partial charge >= 0.3 is 0 Å². The molecule has 7 nitrogen and oxygen atoms in total. The number of carbonyl (C=O) groups is 1. The molecule has 22 heavy (non-hydrogen) atoms. The zero-order valence-electron chi connectivity index (χ0n) is 12.9. The van der Waals surface area contributed by atoms with Crippen molar-refractivity contribution in [2.45, 2.75) is 6.04 Å². The largest absolute Gasteiger partial charge is 0.853 e. The molecule has 2 aromatic carbocycles. The summed E-state index contributed by atoms with van der Waals surface area (Å²) in [5, 5.41) is 20.5. The molecule has 122 valence electrons. The van der Waals surface area contributed by atoms with E-state index in [1.165, 1.54) is 12.1 Å². The van der Waals surface area contributed by atoms with Crippen LogP contribution in [0, 0.1) is 0 Å². The van der Waals surface area contributed by atoms with Crippen LogP contribution in [0.2, 0.25) is 0 Å². The summed E-state index contributed by atoms with van der Waals surface area (Å²) in [7, 11) is 0. The maximum absolute atomic E-state index is 10.3. The van der Waals surface area contributed by atoms with Crippen molar-refractivity contribution in [2.24, 2.45) is 5.73 Å². The monoisotopic (exact) mass is 308 g/mol. The Morgan fingerprint density at radius 3 is 2.05 bits per heavy atom. The quantitative estimate of drug-likeness (QED) is 0.597. The van der Waals surface area contributed by atoms with Gasteiger partial charge in [0.25, 0.3) is 0 Å². The van der Waals surface area contributed by atoms with E-state index in [1.807, 2.05) is 30.3 Å². The molecule has 0 heterocycles. The molecular weight excluding hydrogens is 284 g/mol. The Hall–Kier alpha value is -2.45. The minimum absolute atomic E-state index is 0. The number of carbonyl (C=O) groups excluding carboxylic acids is 1. The summed E-state index contributed by atoms with van der Waals surface area (Å²) in [6.45, 7) is -0.246. The Morgan fingerprint density at radius 1 is 1.05 bits per heavy atom. The maximum Gasteiger partial charge on any atom is 0.0716 e. The van der Waals surface area contributed by atoms with Gasteiger partial charge in [-0.3, -0.25) is 0 Å². The second kappa shape index (κ2) is 11.2. The fourth-order valence-electron chi connectivity index (χ4n) is 1.46. The first-order valence-corrected chi connectivity index (χ1v) is 6.00. The summed E-state index contributed by atoms with van der Waals surface area (Å²) in [4.78, 5) is 10.2. The Labute approximate surface area is 129 Å². The van der Waals surface area contributed by atoms with Gasteiger partial charge in [-0.1, -0.05) is 42.5 Å². The first kappa shape index (κ1) is 21.8. The fourth-order valence-corrected chi connectivity index (χ4v) is 1.46. The normalized spacial score (nSPS) is 10.1. The summed E-state index contributed by atoms with van der Waals surface area (Å²) in [5.74, 6) is -1.20. The molecule has 0 saturated heterocycles. The van der Waals surface area contributed by atoms with Crippen LogP contribution in [-0.4, -0.2) is 12.6 Å². The van der Waals surface area contributed by atoms with E-state index in [4.69, 9.17) is 11.5 Å². The summed E-state index contributed by atoms with van der Waals surface area (Å²) in [6.07, 6.45) is 0. The molecule has 0 amide bonds. The number of quaternary nitrogens is 2. The van der Waals surface area contributed by atoms with Crippen molar-refractivity contribution in [3.63, 3.8) is 0 Å². The van der Waals surface area contributed by atoms with Gasteiger partial charge in [-0.25, -0.2) is 0 Å². The van der Waals surface area contributed by atoms with Gasteiger partial charge in [0.15, 0.2) is 0 Å². The van der Waals surface area contributed by atoms with Crippen molar-refractivity contribution in [1.29, 1.82) is 0 Å². The third kappa shape index (κ3) is 7.36. The van der Waals surface area contributed by atoms with Gasteiger partial charge in [0.2, 0.25) is 0 Å². The Bertz CT molecular complexity index is 549. The van der Waals surface area contributed by atoms with Crippen molar-refractivity contribution in [3.05, 3.63) is 65.7 Å². The molecular formula is C15H24N4O3. The van der Waals surface area contributed by atoms with Crippen molar-refractivity contribution < 1.29 is 15.0 Å². The van der Waals surface area contributed by atoms with Gasteiger partial charge in [-0.15, -0.1) is 6.61 Å². The number of hydrogen-bond donors (Lipinski definition) is 4. The van der Waals surface area contributed by atoms with Crippen molar-refractivity contribution >= 4 is 11.7 Å². The van der Waals surface area contributed by atoms with E-state index in [0.29, 0.717) is 5.69 Å². The predicted molar refractivity (Wildman–Crippen MR) is 85.4 cm³/mol. The second-order valence-electron chi connectivity index (χ2n) is 4.10. The van der Waals surface area contributed by atoms with E-state index in [2.05, 4.69) is 0 Å². The molecule has 0 radical (unpaired) electrons. The highest BCUT2D eigenvalue weighted by Crippen LogP contribution is 2.06. The Morgan fingerprint density at radius 2 is 1.64 bits per heavy atom. The van der Waals surface area contributed by atoms with Gasteiger partial charge in [0.1, 0.15) is 0 Å². The zero-order chi connectivity index (χ0) is 15.0. The number of aromatic carboxylic acids is 1. The van der Waals surface area contributed by atoms with E-state index >= 15 is 0 Å². The molecule has 0 aliphatic heterocycles. The first-order valence-electron chi connectivity index (χ1n) is 6.00. The number of carboxylic acids is 1. The lowest BCUT2D eigenvalue weighted by Gasteiger charge is -2.13. The highest BCUT2D eigenvalue weighted by Gasteiger charge is 1.95. The first-order chi connectivity index (χ1) is 9.54. The molecule has 12 N–H and O–H groups in total. The van der Waals surface area contributed by atoms with Crippen LogP contribution in [0.1, 0.15) is 22.0 Å². The number of nitrogens with two attached hydrogens (primary N) is 2. The number of nitrogen functional groups attached to an aromatic ring is 1. The minimum atomic E-state index is -1.20. The van der Waals surface area contributed by atoms with Crippen LogP contribution in [0.15, 0.2) is 54.6 Å². The molecule has 0 aliphatic rings. The van der Waals surface area contributed by atoms with Gasteiger partial charge in [-0.05, 0) is 23.3 Å². The predicted octanol–water partition coefficient (Wildman–Crippen LogP) is 0.431. The molecule has 1 atom stereocenters. The average molecular weight is 308 g/mol. The molecule has 0 aromatic heterocycles. The Kier molecular flexibility index (Phi) is 11.2. The fraction of sp³-hybridized carbons (Fsp3) is 0.133. The molecule has 0 saturated carbocycles.